The lowest BCUT2D eigenvalue weighted by Crippen LogP contribution is -2.71. The fraction of sp³-hybridized carbons (Fsp3) is 0.515. The van der Waals surface area contributed by atoms with Gasteiger partial charge in [-0.25, -0.2) is 22.8 Å². The van der Waals surface area contributed by atoms with Crippen LogP contribution in [0.15, 0.2) is 42.7 Å². The number of carbonyl (C=O) groups is 8. The molecule has 56 heavy (non-hydrogen) atoms. The highest BCUT2D eigenvalue weighted by atomic mass is 32.2. The van der Waals surface area contributed by atoms with Gasteiger partial charge in [-0.05, 0) is 33.3 Å². The molecule has 4 N–H and O–H groups in total. The molecule has 23 heteroatoms. The first-order valence-corrected chi connectivity index (χ1v) is 19.8. The SMILES string of the molecule is CCN1CCN(C(=O)N[C@@H](C(=O)N[C@@H]2C(=O)N3[C@@H]2SC(C)(C)[C@@H]3C(=O)O)c2ccccc2)C(=O)C1=O.C[C@]1(Cn2ccnn2)C(C(=O)O)N2C(=O)C[C@H]2S1(=O)=O. The Kier molecular flexibility index (Phi) is 10.4. The molecule has 5 fully saturated rings. The fourth-order valence-corrected chi connectivity index (χ4v) is 11.6. The largest absolute Gasteiger partial charge is 0.480 e. The number of carboxylic acids is 2. The van der Waals surface area contributed by atoms with Crippen molar-refractivity contribution in [2.24, 2.45) is 0 Å². The molecule has 5 aliphatic heterocycles. The van der Waals surface area contributed by atoms with Gasteiger partial charge < -0.3 is 35.5 Å². The Morgan fingerprint density at radius 1 is 0.964 bits per heavy atom. The van der Waals surface area contributed by atoms with Gasteiger partial charge in [-0.15, -0.1) is 16.9 Å². The fourth-order valence-electron chi connectivity index (χ4n) is 7.63. The number of imide groups is 1. The number of hydrogen-bond acceptors (Lipinski definition) is 13. The van der Waals surface area contributed by atoms with Crippen molar-refractivity contribution in [3.8, 4) is 0 Å². The summed E-state index contributed by atoms with van der Waals surface area (Å²) in [4.78, 5) is 103. The standard InChI is InChI=1S/C23H27N5O7S.C10H12N4O5S/c1-4-26-10-11-27(19(32)18(26)31)22(35)25-13(12-8-6-5-7-9-12)16(29)24-14-17(30)28-15(21(33)34)23(2,3)36-20(14)28;1-10(5-13-3-2-11-12-13)8(9(16)17)14-6(15)4-7(14)20(10,18)19/h5-9,13-15,20H,4,10-11H2,1-3H3,(H,24,29)(H,25,35)(H,33,34);2-3,7-8H,4-5H2,1H3,(H,16,17)/t13-,14-,15+,20-;7-,8?,10+/m11/s1. The maximum Gasteiger partial charge on any atom is 0.328 e. The molecule has 5 saturated heterocycles. The minimum Gasteiger partial charge on any atom is -0.480 e. The van der Waals surface area contributed by atoms with Gasteiger partial charge in [0, 0.05) is 30.6 Å². The Labute approximate surface area is 323 Å². The number of likely N-dealkylation sites (N-methyl/N-ethyl adjacent to an activating group) is 1. The minimum absolute atomic E-state index is 0.0200. The smallest absolute Gasteiger partial charge is 0.328 e. The molecule has 6 heterocycles. The van der Waals surface area contributed by atoms with E-state index in [1.54, 1.807) is 51.1 Å². The third kappa shape index (κ3) is 6.50. The van der Waals surface area contributed by atoms with Crippen molar-refractivity contribution in [3.05, 3.63) is 48.3 Å². The van der Waals surface area contributed by atoms with E-state index in [4.69, 9.17) is 0 Å². The average molecular weight is 818 g/mol. The van der Waals surface area contributed by atoms with E-state index in [9.17, 15) is 57.0 Å². The number of piperazine rings is 1. The number of fused-ring (bicyclic) bond motifs is 2. The van der Waals surface area contributed by atoms with E-state index < -0.39 is 102 Å². The van der Waals surface area contributed by atoms with Crippen LogP contribution in [0.3, 0.4) is 0 Å². The second kappa shape index (κ2) is 14.5. The summed E-state index contributed by atoms with van der Waals surface area (Å²) in [5, 5.41) is 29.7. The zero-order chi connectivity index (χ0) is 41.1. The van der Waals surface area contributed by atoms with Crippen LogP contribution in [-0.4, -0.2) is 159 Å². The molecule has 21 nitrogen and oxygen atoms in total. The topological polar surface area (TPSA) is 279 Å². The van der Waals surface area contributed by atoms with Gasteiger partial charge in [0.2, 0.25) is 17.7 Å². The number of urea groups is 1. The Morgan fingerprint density at radius 2 is 1.62 bits per heavy atom. The highest BCUT2D eigenvalue weighted by Crippen LogP contribution is 2.51. The van der Waals surface area contributed by atoms with Crippen LogP contribution in [0.1, 0.15) is 45.7 Å². The van der Waals surface area contributed by atoms with Crippen LogP contribution in [0.5, 0.6) is 0 Å². The number of sulfone groups is 1. The van der Waals surface area contributed by atoms with Crippen LogP contribution in [0.2, 0.25) is 0 Å². The van der Waals surface area contributed by atoms with Gasteiger partial charge in [0.25, 0.3) is 0 Å². The van der Waals surface area contributed by atoms with Crippen LogP contribution in [0.25, 0.3) is 0 Å². The molecule has 0 saturated carbocycles. The monoisotopic (exact) mass is 817 g/mol. The molecule has 1 aromatic heterocycles. The number of thioether (sulfide) groups is 1. The quantitative estimate of drug-likeness (QED) is 0.161. The number of carboxylic acid groups (broad SMARTS) is 2. The lowest BCUT2D eigenvalue weighted by molar-refractivity contribution is -0.161. The van der Waals surface area contributed by atoms with Crippen molar-refractivity contribution in [1.29, 1.82) is 0 Å². The molecule has 0 aliphatic carbocycles. The molecular formula is C33H39N9O12S2. The molecule has 0 bridgehead atoms. The third-order valence-electron chi connectivity index (χ3n) is 10.6. The molecular weight excluding hydrogens is 779 g/mol. The van der Waals surface area contributed by atoms with Crippen LogP contribution in [0, 0.1) is 0 Å². The highest BCUT2D eigenvalue weighted by Gasteiger charge is 2.70. The second-order valence-corrected chi connectivity index (χ2v) is 18.7. The lowest BCUT2D eigenvalue weighted by Gasteiger charge is -2.44. The average Bonchev–Trinajstić information content (AvgIpc) is 3.78. The van der Waals surface area contributed by atoms with Crippen molar-refractivity contribution >= 4 is 69.1 Å². The number of benzene rings is 1. The summed E-state index contributed by atoms with van der Waals surface area (Å²) in [6, 6.07) is 2.71. The van der Waals surface area contributed by atoms with E-state index in [0.717, 1.165) is 9.80 Å². The van der Waals surface area contributed by atoms with Crippen LogP contribution in [-0.2, 0) is 49.9 Å². The zero-order valence-electron chi connectivity index (χ0n) is 30.5. The Hall–Kier alpha value is -5.58. The molecule has 2 aromatic rings. The molecule has 7 amide bonds. The van der Waals surface area contributed by atoms with Crippen LogP contribution >= 0.6 is 11.8 Å². The predicted molar refractivity (Wildman–Crippen MR) is 191 cm³/mol. The van der Waals surface area contributed by atoms with Crippen molar-refractivity contribution in [2.75, 3.05) is 19.6 Å². The number of nitrogens with zero attached hydrogens (tertiary/aromatic N) is 7. The van der Waals surface area contributed by atoms with E-state index in [1.165, 1.54) is 45.6 Å². The molecule has 7 rings (SSSR count). The maximum atomic E-state index is 13.3. The van der Waals surface area contributed by atoms with Gasteiger partial charge >= 0.3 is 29.8 Å². The molecule has 1 aromatic carbocycles. The molecule has 5 aliphatic rings. The van der Waals surface area contributed by atoms with Crippen molar-refractivity contribution in [3.63, 3.8) is 0 Å². The number of rotatable bonds is 9. The Morgan fingerprint density at radius 3 is 2.20 bits per heavy atom. The first-order valence-electron chi connectivity index (χ1n) is 17.4. The highest BCUT2D eigenvalue weighted by molar-refractivity contribution is 8.01. The number of hydrogen-bond donors (Lipinski definition) is 4. The van der Waals surface area contributed by atoms with Crippen LogP contribution in [0.4, 0.5) is 4.79 Å². The van der Waals surface area contributed by atoms with E-state index in [1.807, 2.05) is 0 Å². The zero-order valence-corrected chi connectivity index (χ0v) is 32.1. The summed E-state index contributed by atoms with van der Waals surface area (Å²) in [6.45, 7) is 6.86. The van der Waals surface area contributed by atoms with Gasteiger partial charge in [0.05, 0.1) is 19.2 Å². The van der Waals surface area contributed by atoms with Crippen molar-refractivity contribution in [2.45, 2.75) is 85.1 Å². The molecule has 7 atom stereocenters. The summed E-state index contributed by atoms with van der Waals surface area (Å²) >= 11 is 1.28. The van der Waals surface area contributed by atoms with E-state index in [-0.39, 0.29) is 26.1 Å². The molecule has 0 radical (unpaired) electrons. The van der Waals surface area contributed by atoms with Gasteiger partial charge in [-0.2, -0.15) is 0 Å². The Balaban J connectivity index is 0.000000223. The third-order valence-corrected chi connectivity index (χ3v) is 14.9. The van der Waals surface area contributed by atoms with E-state index in [0.29, 0.717) is 12.1 Å². The summed E-state index contributed by atoms with van der Waals surface area (Å²) in [7, 11) is -3.80. The first kappa shape index (κ1) is 40.1. The van der Waals surface area contributed by atoms with Crippen molar-refractivity contribution < 1.29 is 57.0 Å². The number of β-lactam (4-membered cyclic amide) rings is 2. The molecule has 300 valence electrons. The normalized spacial score (nSPS) is 28.9. The number of aromatic nitrogens is 3. The minimum atomic E-state index is -3.80. The van der Waals surface area contributed by atoms with Gasteiger partial charge in [0.1, 0.15) is 33.6 Å². The molecule has 1 unspecified atom stereocenters. The van der Waals surface area contributed by atoms with Gasteiger partial charge in [0.15, 0.2) is 15.9 Å². The summed E-state index contributed by atoms with van der Waals surface area (Å²) in [5.41, 5.74) is 0.403. The lowest BCUT2D eigenvalue weighted by atomic mass is 9.95. The first-order chi connectivity index (χ1) is 26.3. The summed E-state index contributed by atoms with van der Waals surface area (Å²) in [6.07, 6.45) is 2.68. The number of carbonyl (C=O) groups excluding carboxylic acids is 6. The second-order valence-electron chi connectivity index (χ2n) is 14.4. The number of aliphatic carboxylic acids is 2. The van der Waals surface area contributed by atoms with E-state index in [2.05, 4.69) is 20.9 Å². The number of nitrogens with one attached hydrogen (secondary N) is 2. The predicted octanol–water partition coefficient (Wildman–Crippen LogP) is -1.76. The van der Waals surface area contributed by atoms with Gasteiger partial charge in [-0.3, -0.25) is 33.6 Å². The maximum absolute atomic E-state index is 13.3. The molecule has 0 spiro atoms. The van der Waals surface area contributed by atoms with E-state index >= 15 is 0 Å². The Bertz CT molecular complexity index is 2100. The van der Waals surface area contributed by atoms with Gasteiger partial charge in [-0.1, -0.05) is 35.5 Å². The van der Waals surface area contributed by atoms with Crippen LogP contribution < -0.4 is 10.6 Å². The summed E-state index contributed by atoms with van der Waals surface area (Å²) < 4.78 is 24.0. The summed E-state index contributed by atoms with van der Waals surface area (Å²) in [5.74, 6) is -5.90. The number of amides is 7. The van der Waals surface area contributed by atoms with Crippen molar-refractivity contribution in [1.82, 2.24) is 45.2 Å².